The summed E-state index contributed by atoms with van der Waals surface area (Å²) in [6.07, 6.45) is 0. The molecule has 0 fully saturated rings. The van der Waals surface area contributed by atoms with Gasteiger partial charge in [-0.1, -0.05) is 58.4 Å². The van der Waals surface area contributed by atoms with E-state index in [9.17, 15) is 9.59 Å². The summed E-state index contributed by atoms with van der Waals surface area (Å²) in [6, 6.07) is 15.8. The van der Waals surface area contributed by atoms with Gasteiger partial charge in [0.05, 0.1) is 5.56 Å². The first-order chi connectivity index (χ1) is 9.70. The van der Waals surface area contributed by atoms with Gasteiger partial charge in [-0.25, -0.2) is 4.79 Å². The molecular formula is C16H13BrO3. The van der Waals surface area contributed by atoms with Crippen LogP contribution in [-0.4, -0.2) is 18.4 Å². The largest absolute Gasteiger partial charge is 0.454 e. The molecular weight excluding hydrogens is 320 g/mol. The number of hydrogen-bond acceptors (Lipinski definition) is 3. The highest BCUT2D eigenvalue weighted by Crippen LogP contribution is 2.09. The molecule has 0 heterocycles. The fourth-order valence-electron chi connectivity index (χ4n) is 1.65. The maximum Gasteiger partial charge on any atom is 0.338 e. The Hall–Kier alpha value is -1.94. The molecule has 2 aromatic rings. The van der Waals surface area contributed by atoms with E-state index in [1.165, 1.54) is 0 Å². The molecule has 0 atom stereocenters. The van der Waals surface area contributed by atoms with Gasteiger partial charge in [-0.15, -0.1) is 0 Å². The Labute approximate surface area is 125 Å². The first-order valence-electron chi connectivity index (χ1n) is 6.11. The van der Waals surface area contributed by atoms with Gasteiger partial charge in [0.2, 0.25) is 0 Å². The van der Waals surface area contributed by atoms with Crippen LogP contribution in [0.4, 0.5) is 0 Å². The van der Waals surface area contributed by atoms with Crippen LogP contribution in [-0.2, 0) is 10.1 Å². The molecule has 0 saturated heterocycles. The van der Waals surface area contributed by atoms with Crippen molar-refractivity contribution in [2.75, 3.05) is 6.61 Å². The maximum absolute atomic E-state index is 11.8. The van der Waals surface area contributed by atoms with Gasteiger partial charge >= 0.3 is 5.97 Å². The Morgan fingerprint density at radius 3 is 2.15 bits per heavy atom. The summed E-state index contributed by atoms with van der Waals surface area (Å²) in [7, 11) is 0. The molecule has 0 radical (unpaired) electrons. The van der Waals surface area contributed by atoms with Gasteiger partial charge in [0, 0.05) is 10.9 Å². The van der Waals surface area contributed by atoms with Crippen molar-refractivity contribution >= 4 is 27.7 Å². The van der Waals surface area contributed by atoms with Crippen molar-refractivity contribution in [3.63, 3.8) is 0 Å². The summed E-state index contributed by atoms with van der Waals surface area (Å²) in [5, 5.41) is 0.731. The van der Waals surface area contributed by atoms with Crippen LogP contribution >= 0.6 is 15.9 Å². The number of Topliss-reactive ketones (excluding diaryl/α,β-unsaturated/α-hetero) is 1. The van der Waals surface area contributed by atoms with Crippen LogP contribution in [0.15, 0.2) is 54.6 Å². The van der Waals surface area contributed by atoms with E-state index >= 15 is 0 Å². The SMILES string of the molecule is O=C(COC(=O)c1ccc(CBr)cc1)c1ccccc1. The van der Waals surface area contributed by atoms with Crippen molar-refractivity contribution in [1.82, 2.24) is 0 Å². The zero-order chi connectivity index (χ0) is 14.4. The third-order valence-electron chi connectivity index (χ3n) is 2.77. The second-order valence-electron chi connectivity index (χ2n) is 4.20. The predicted octanol–water partition coefficient (Wildman–Crippen LogP) is 3.62. The van der Waals surface area contributed by atoms with Gasteiger partial charge in [-0.3, -0.25) is 4.79 Å². The van der Waals surface area contributed by atoms with Gasteiger partial charge in [-0.05, 0) is 17.7 Å². The number of alkyl halides is 1. The number of ketones is 1. The monoisotopic (exact) mass is 332 g/mol. The lowest BCUT2D eigenvalue weighted by Gasteiger charge is -2.05. The topological polar surface area (TPSA) is 43.4 Å². The van der Waals surface area contributed by atoms with Crippen LogP contribution < -0.4 is 0 Å². The molecule has 0 N–H and O–H groups in total. The lowest BCUT2D eigenvalue weighted by atomic mass is 10.1. The van der Waals surface area contributed by atoms with Crippen molar-refractivity contribution in [3.8, 4) is 0 Å². The highest BCUT2D eigenvalue weighted by Gasteiger charge is 2.11. The number of rotatable bonds is 5. The minimum atomic E-state index is -0.490. The predicted molar refractivity (Wildman–Crippen MR) is 80.1 cm³/mol. The van der Waals surface area contributed by atoms with E-state index in [1.54, 1.807) is 36.4 Å². The third-order valence-corrected chi connectivity index (χ3v) is 3.42. The molecule has 3 nitrogen and oxygen atoms in total. The molecule has 0 saturated carbocycles. The van der Waals surface area contributed by atoms with E-state index in [2.05, 4.69) is 15.9 Å². The molecule has 0 aliphatic heterocycles. The lowest BCUT2D eigenvalue weighted by Crippen LogP contribution is -2.14. The number of esters is 1. The summed E-state index contributed by atoms with van der Waals surface area (Å²) in [6.45, 7) is -0.247. The fourth-order valence-corrected chi connectivity index (χ4v) is 2.03. The van der Waals surface area contributed by atoms with Crippen LogP contribution in [0.3, 0.4) is 0 Å². The Balaban J connectivity index is 1.93. The Kier molecular flexibility index (Phi) is 5.07. The zero-order valence-corrected chi connectivity index (χ0v) is 12.3. The van der Waals surface area contributed by atoms with Gasteiger partial charge in [0.15, 0.2) is 12.4 Å². The normalized spacial score (nSPS) is 10.1. The molecule has 20 heavy (non-hydrogen) atoms. The standard InChI is InChI=1S/C16H13BrO3/c17-10-12-6-8-14(9-7-12)16(19)20-11-15(18)13-4-2-1-3-5-13/h1-9H,10-11H2. The molecule has 2 rings (SSSR count). The number of carbonyl (C=O) groups is 2. The molecule has 2 aromatic carbocycles. The molecule has 0 bridgehead atoms. The highest BCUT2D eigenvalue weighted by atomic mass is 79.9. The van der Waals surface area contributed by atoms with E-state index in [-0.39, 0.29) is 12.4 Å². The Morgan fingerprint density at radius 2 is 1.55 bits per heavy atom. The summed E-state index contributed by atoms with van der Waals surface area (Å²) >= 11 is 3.33. The molecule has 0 aromatic heterocycles. The first-order valence-corrected chi connectivity index (χ1v) is 7.23. The number of hydrogen-bond donors (Lipinski definition) is 0. The second kappa shape index (κ2) is 7.01. The molecule has 0 amide bonds. The van der Waals surface area contributed by atoms with Crippen LogP contribution in [0.1, 0.15) is 26.3 Å². The third kappa shape index (κ3) is 3.78. The summed E-state index contributed by atoms with van der Waals surface area (Å²) < 4.78 is 5.02. The van der Waals surface area contributed by atoms with E-state index in [1.807, 2.05) is 18.2 Å². The van der Waals surface area contributed by atoms with E-state index in [0.29, 0.717) is 11.1 Å². The number of benzene rings is 2. The summed E-state index contributed by atoms with van der Waals surface area (Å²) in [5.41, 5.74) is 2.05. The average molecular weight is 333 g/mol. The minimum Gasteiger partial charge on any atom is -0.454 e. The van der Waals surface area contributed by atoms with Gasteiger partial charge < -0.3 is 4.74 Å². The van der Waals surface area contributed by atoms with Crippen LogP contribution in [0.5, 0.6) is 0 Å². The van der Waals surface area contributed by atoms with Gasteiger partial charge in [-0.2, -0.15) is 0 Å². The maximum atomic E-state index is 11.8. The van der Waals surface area contributed by atoms with E-state index in [0.717, 1.165) is 10.9 Å². The van der Waals surface area contributed by atoms with Crippen LogP contribution in [0, 0.1) is 0 Å². The molecule has 0 unspecified atom stereocenters. The average Bonchev–Trinajstić information content (AvgIpc) is 2.53. The molecule has 102 valence electrons. The van der Waals surface area contributed by atoms with Gasteiger partial charge in [0.1, 0.15) is 0 Å². The van der Waals surface area contributed by atoms with Crippen molar-refractivity contribution in [3.05, 3.63) is 71.3 Å². The van der Waals surface area contributed by atoms with E-state index < -0.39 is 5.97 Å². The van der Waals surface area contributed by atoms with Gasteiger partial charge in [0.25, 0.3) is 0 Å². The zero-order valence-electron chi connectivity index (χ0n) is 10.7. The quantitative estimate of drug-likeness (QED) is 0.477. The van der Waals surface area contributed by atoms with Crippen molar-refractivity contribution in [2.24, 2.45) is 0 Å². The minimum absolute atomic E-state index is 0.212. The summed E-state index contributed by atoms with van der Waals surface area (Å²) in [4.78, 5) is 23.6. The summed E-state index contributed by atoms with van der Waals surface area (Å²) in [5.74, 6) is -0.702. The van der Waals surface area contributed by atoms with E-state index in [4.69, 9.17) is 4.74 Å². The number of halogens is 1. The van der Waals surface area contributed by atoms with Crippen LogP contribution in [0.25, 0.3) is 0 Å². The van der Waals surface area contributed by atoms with Crippen molar-refractivity contribution < 1.29 is 14.3 Å². The molecule has 0 spiro atoms. The number of ether oxygens (including phenoxy) is 1. The first kappa shape index (κ1) is 14.5. The highest BCUT2D eigenvalue weighted by molar-refractivity contribution is 9.08. The van der Waals surface area contributed by atoms with Crippen molar-refractivity contribution in [2.45, 2.75) is 5.33 Å². The van der Waals surface area contributed by atoms with Crippen LogP contribution in [0.2, 0.25) is 0 Å². The second-order valence-corrected chi connectivity index (χ2v) is 4.76. The Morgan fingerprint density at radius 1 is 0.900 bits per heavy atom. The molecule has 0 aliphatic rings. The molecule has 0 aliphatic carbocycles. The number of carbonyl (C=O) groups excluding carboxylic acids is 2. The molecule has 4 heteroatoms. The smallest absolute Gasteiger partial charge is 0.338 e. The fraction of sp³-hybridized carbons (Fsp3) is 0.125. The lowest BCUT2D eigenvalue weighted by molar-refractivity contribution is 0.0475. The van der Waals surface area contributed by atoms with Crippen molar-refractivity contribution in [1.29, 1.82) is 0 Å². The Bertz CT molecular complexity index is 591.